The number of nitrogens with zero attached hydrogens (tertiary/aromatic N) is 1. The van der Waals surface area contributed by atoms with Crippen molar-refractivity contribution in [3.63, 3.8) is 0 Å². The predicted octanol–water partition coefficient (Wildman–Crippen LogP) is 1.01. The Morgan fingerprint density at radius 2 is 1.88 bits per heavy atom. The Kier molecular flexibility index (Phi) is 5.07. The molecule has 3 N–H and O–H groups in total. The van der Waals surface area contributed by atoms with E-state index in [0.29, 0.717) is 16.7 Å². The van der Waals surface area contributed by atoms with Crippen molar-refractivity contribution in [3.05, 3.63) is 47.6 Å². The number of hydrogen-bond acceptors (Lipinski definition) is 6. The summed E-state index contributed by atoms with van der Waals surface area (Å²) >= 11 is 5.74. The van der Waals surface area contributed by atoms with Crippen LogP contribution in [0.2, 0.25) is 5.02 Å². The second kappa shape index (κ2) is 7.28. The minimum absolute atomic E-state index is 0.0151. The van der Waals surface area contributed by atoms with Gasteiger partial charge < -0.3 is 10.1 Å². The molecule has 3 amide bonds. The molecule has 9 nitrogen and oxygen atoms in total. The minimum Gasteiger partial charge on any atom is -0.439 e. The molecule has 0 bridgehead atoms. The molecule has 3 rings (SSSR count). The van der Waals surface area contributed by atoms with Crippen LogP contribution in [-0.2, 0) is 14.8 Å². The fourth-order valence-electron chi connectivity index (χ4n) is 2.11. The summed E-state index contributed by atoms with van der Waals surface area (Å²) in [6.07, 6.45) is 1.43. The lowest BCUT2D eigenvalue weighted by Crippen LogP contribution is -2.41. The van der Waals surface area contributed by atoms with Gasteiger partial charge in [-0.2, -0.15) is 0 Å². The van der Waals surface area contributed by atoms with E-state index in [9.17, 15) is 18.0 Å². The van der Waals surface area contributed by atoms with Crippen LogP contribution in [0.4, 0.5) is 4.79 Å². The van der Waals surface area contributed by atoms with Crippen molar-refractivity contribution in [3.8, 4) is 11.6 Å². The average Bonchev–Trinajstić information content (AvgIpc) is 2.93. The highest BCUT2D eigenvalue weighted by Gasteiger charge is 2.30. The number of nitrogens with one attached hydrogen (secondary N) is 3. The third kappa shape index (κ3) is 4.28. The molecule has 1 aromatic carbocycles. The summed E-state index contributed by atoms with van der Waals surface area (Å²) in [7, 11) is -3.85. The first kappa shape index (κ1) is 18.1. The normalized spacial score (nSPS) is 16.9. The zero-order valence-corrected chi connectivity index (χ0v) is 14.7. The molecule has 1 fully saturated rings. The van der Waals surface area contributed by atoms with Crippen LogP contribution in [0.3, 0.4) is 0 Å². The minimum atomic E-state index is -3.85. The van der Waals surface area contributed by atoms with Gasteiger partial charge in [0.1, 0.15) is 11.8 Å². The molecule has 0 radical (unpaired) electrons. The molecule has 2 heterocycles. The molecule has 26 heavy (non-hydrogen) atoms. The summed E-state index contributed by atoms with van der Waals surface area (Å²) in [6.45, 7) is -0.257. The lowest BCUT2D eigenvalue weighted by molar-refractivity contribution is -0.120. The maximum Gasteiger partial charge on any atom is 0.322 e. The molecule has 0 spiro atoms. The molecule has 0 aliphatic carbocycles. The molecule has 1 aromatic heterocycles. The van der Waals surface area contributed by atoms with Gasteiger partial charge in [-0.05, 0) is 30.3 Å². The van der Waals surface area contributed by atoms with Crippen LogP contribution in [0, 0.1) is 0 Å². The van der Waals surface area contributed by atoms with Crippen LogP contribution >= 0.6 is 11.6 Å². The maximum absolute atomic E-state index is 12.3. The summed E-state index contributed by atoms with van der Waals surface area (Å²) in [5, 5.41) is 4.80. The molecule has 0 unspecified atom stereocenters. The lowest BCUT2D eigenvalue weighted by Gasteiger charge is -2.10. The molecular weight excluding hydrogens is 384 g/mol. The third-order valence-electron chi connectivity index (χ3n) is 3.39. The number of urea groups is 1. The van der Waals surface area contributed by atoms with Crippen molar-refractivity contribution in [2.24, 2.45) is 0 Å². The highest BCUT2D eigenvalue weighted by atomic mass is 35.5. The van der Waals surface area contributed by atoms with Crippen molar-refractivity contribution in [2.45, 2.75) is 10.9 Å². The fraction of sp³-hybridized carbons (Fsp3) is 0.133. The van der Waals surface area contributed by atoms with E-state index in [-0.39, 0.29) is 11.4 Å². The van der Waals surface area contributed by atoms with Crippen LogP contribution in [0.15, 0.2) is 47.5 Å². The highest BCUT2D eigenvalue weighted by Crippen LogP contribution is 2.22. The number of ether oxygens (including phenoxy) is 1. The third-order valence-corrected chi connectivity index (χ3v) is 5.06. The number of amides is 3. The van der Waals surface area contributed by atoms with E-state index in [1.165, 1.54) is 30.5 Å². The monoisotopic (exact) mass is 396 g/mol. The second-order valence-corrected chi connectivity index (χ2v) is 7.46. The van der Waals surface area contributed by atoms with Crippen molar-refractivity contribution >= 4 is 33.6 Å². The van der Waals surface area contributed by atoms with Gasteiger partial charge in [-0.3, -0.25) is 10.1 Å². The SMILES string of the molecule is O=C1NC(=O)[C@H](CNS(=O)(=O)c2ccc(Oc3ccc(Cl)cn3)cc2)N1. The van der Waals surface area contributed by atoms with Gasteiger partial charge in [0.2, 0.25) is 15.9 Å². The maximum atomic E-state index is 12.3. The number of hydrogen-bond donors (Lipinski definition) is 3. The molecule has 136 valence electrons. The zero-order chi connectivity index (χ0) is 18.7. The van der Waals surface area contributed by atoms with E-state index in [1.54, 1.807) is 12.1 Å². The van der Waals surface area contributed by atoms with Gasteiger partial charge in [0.15, 0.2) is 0 Å². The first-order chi connectivity index (χ1) is 12.3. The van der Waals surface area contributed by atoms with Crippen molar-refractivity contribution < 1.29 is 22.7 Å². The predicted molar refractivity (Wildman–Crippen MR) is 91.4 cm³/mol. The summed E-state index contributed by atoms with van der Waals surface area (Å²) in [5.41, 5.74) is 0. The van der Waals surface area contributed by atoms with Gasteiger partial charge in [0.25, 0.3) is 5.91 Å². The number of halogens is 1. The van der Waals surface area contributed by atoms with Crippen LogP contribution in [0.1, 0.15) is 0 Å². The van der Waals surface area contributed by atoms with Crippen molar-refractivity contribution in [2.75, 3.05) is 6.54 Å². The topological polar surface area (TPSA) is 126 Å². The van der Waals surface area contributed by atoms with Crippen molar-refractivity contribution in [1.82, 2.24) is 20.3 Å². The Labute approximate surface area is 153 Å². The summed E-state index contributed by atoms with van der Waals surface area (Å²) in [5.74, 6) is 0.115. The highest BCUT2D eigenvalue weighted by molar-refractivity contribution is 7.89. The Hall–Kier alpha value is -2.69. The number of rotatable bonds is 6. The molecule has 1 aliphatic rings. The first-order valence-corrected chi connectivity index (χ1v) is 9.20. The standard InChI is InChI=1S/C15H13ClN4O5S/c16-9-1-6-13(17-7-9)25-10-2-4-11(5-3-10)26(23,24)18-8-12-14(21)20-15(22)19-12/h1-7,12,18H,8H2,(H2,19,20,21,22)/t12-/m0/s1. The van der Waals surface area contributed by atoms with Gasteiger partial charge >= 0.3 is 6.03 Å². The number of pyridine rings is 1. The largest absolute Gasteiger partial charge is 0.439 e. The number of benzene rings is 1. The summed E-state index contributed by atoms with van der Waals surface area (Å²) in [6, 6.07) is 7.22. The van der Waals surface area contributed by atoms with E-state index in [1.807, 2.05) is 5.32 Å². The van der Waals surface area contributed by atoms with Gasteiger partial charge in [-0.25, -0.2) is 22.9 Å². The van der Waals surface area contributed by atoms with Gasteiger partial charge in [0.05, 0.1) is 9.92 Å². The fourth-order valence-corrected chi connectivity index (χ4v) is 3.27. The van der Waals surface area contributed by atoms with E-state index in [4.69, 9.17) is 16.3 Å². The van der Waals surface area contributed by atoms with Crippen LogP contribution in [0.25, 0.3) is 0 Å². The molecule has 2 aromatic rings. The Balaban J connectivity index is 1.64. The van der Waals surface area contributed by atoms with Crippen LogP contribution in [0.5, 0.6) is 11.6 Å². The molecular formula is C15H13ClN4O5S. The van der Waals surface area contributed by atoms with E-state index in [2.05, 4.69) is 15.0 Å². The number of sulfonamides is 1. The van der Waals surface area contributed by atoms with E-state index in [0.717, 1.165) is 0 Å². The molecule has 1 atom stereocenters. The number of imide groups is 1. The zero-order valence-electron chi connectivity index (χ0n) is 13.1. The van der Waals surface area contributed by atoms with E-state index < -0.39 is 28.0 Å². The van der Waals surface area contributed by atoms with E-state index >= 15 is 0 Å². The number of aromatic nitrogens is 1. The molecule has 11 heteroatoms. The molecule has 1 aliphatic heterocycles. The lowest BCUT2D eigenvalue weighted by atomic mass is 10.3. The quantitative estimate of drug-likeness (QED) is 0.625. The number of carbonyl (C=O) groups is 2. The van der Waals surface area contributed by atoms with Crippen LogP contribution < -0.4 is 20.1 Å². The molecule has 1 saturated heterocycles. The van der Waals surface area contributed by atoms with Gasteiger partial charge in [-0.1, -0.05) is 11.6 Å². The smallest absolute Gasteiger partial charge is 0.322 e. The van der Waals surface area contributed by atoms with Crippen molar-refractivity contribution in [1.29, 1.82) is 0 Å². The molecule has 0 saturated carbocycles. The Bertz CT molecular complexity index is 932. The Morgan fingerprint density at radius 3 is 2.46 bits per heavy atom. The van der Waals surface area contributed by atoms with Crippen LogP contribution in [-0.4, -0.2) is 37.9 Å². The Morgan fingerprint density at radius 1 is 1.15 bits per heavy atom. The second-order valence-electron chi connectivity index (χ2n) is 5.26. The average molecular weight is 397 g/mol. The summed E-state index contributed by atoms with van der Waals surface area (Å²) < 4.78 is 32.3. The summed E-state index contributed by atoms with van der Waals surface area (Å²) in [4.78, 5) is 26.4. The first-order valence-electron chi connectivity index (χ1n) is 7.34. The van der Waals surface area contributed by atoms with Gasteiger partial charge in [-0.15, -0.1) is 0 Å². The van der Waals surface area contributed by atoms with Gasteiger partial charge in [0, 0.05) is 18.8 Å². The number of carbonyl (C=O) groups excluding carboxylic acids is 2.